The summed E-state index contributed by atoms with van der Waals surface area (Å²) in [7, 11) is 0. The maximum absolute atomic E-state index is 13.4. The highest BCUT2D eigenvalue weighted by atomic mass is 19.1. The lowest BCUT2D eigenvalue weighted by atomic mass is 10.1. The summed E-state index contributed by atoms with van der Waals surface area (Å²) in [5.41, 5.74) is -0.0942. The number of amides is 1. The van der Waals surface area contributed by atoms with E-state index in [0.717, 1.165) is 37.8 Å². The molecule has 5 heteroatoms. The van der Waals surface area contributed by atoms with Gasteiger partial charge in [0.2, 0.25) is 5.91 Å². The fourth-order valence-corrected chi connectivity index (χ4v) is 2.20. The summed E-state index contributed by atoms with van der Waals surface area (Å²) < 4.78 is 13.4. The van der Waals surface area contributed by atoms with E-state index in [2.05, 4.69) is 5.32 Å². The van der Waals surface area contributed by atoms with E-state index >= 15 is 0 Å². The van der Waals surface area contributed by atoms with E-state index < -0.39 is 17.3 Å². The number of hydrogen-bond donors (Lipinski definition) is 2. The topological polar surface area (TPSA) is 66.4 Å². The van der Waals surface area contributed by atoms with Crippen molar-refractivity contribution in [3.05, 3.63) is 29.6 Å². The number of aromatic carboxylic acids is 1. The summed E-state index contributed by atoms with van der Waals surface area (Å²) in [5, 5.41) is 11.3. The quantitative estimate of drug-likeness (QED) is 0.867. The van der Waals surface area contributed by atoms with E-state index in [4.69, 9.17) is 5.11 Å². The molecule has 1 saturated carbocycles. The summed E-state index contributed by atoms with van der Waals surface area (Å²) >= 11 is 0. The van der Waals surface area contributed by atoms with Gasteiger partial charge >= 0.3 is 5.97 Å². The molecule has 1 amide bonds. The minimum Gasteiger partial charge on any atom is -0.478 e. The monoisotopic (exact) mass is 251 g/mol. The predicted molar refractivity (Wildman–Crippen MR) is 63.9 cm³/mol. The van der Waals surface area contributed by atoms with E-state index in [-0.39, 0.29) is 11.8 Å². The molecule has 0 radical (unpaired) electrons. The number of hydrogen-bond acceptors (Lipinski definition) is 2. The van der Waals surface area contributed by atoms with Gasteiger partial charge in [-0.15, -0.1) is 0 Å². The molecule has 0 unspecified atom stereocenters. The van der Waals surface area contributed by atoms with Crippen LogP contribution in [0.1, 0.15) is 36.0 Å². The van der Waals surface area contributed by atoms with E-state index in [9.17, 15) is 14.0 Å². The van der Waals surface area contributed by atoms with Gasteiger partial charge in [-0.2, -0.15) is 0 Å². The number of carboxylic acids is 1. The second-order valence-electron chi connectivity index (χ2n) is 4.47. The fraction of sp³-hybridized carbons (Fsp3) is 0.385. The molecule has 0 aromatic heterocycles. The number of benzene rings is 1. The average Bonchev–Trinajstić information content (AvgIpc) is 2.81. The highest BCUT2D eigenvalue weighted by molar-refractivity contribution is 5.94. The van der Waals surface area contributed by atoms with Crippen molar-refractivity contribution in [3.63, 3.8) is 0 Å². The average molecular weight is 251 g/mol. The molecule has 1 aliphatic carbocycles. The molecule has 96 valence electrons. The van der Waals surface area contributed by atoms with Crippen LogP contribution >= 0.6 is 0 Å². The number of carbonyl (C=O) groups is 2. The molecule has 1 aromatic rings. The Bertz CT molecular complexity index is 481. The molecule has 2 N–H and O–H groups in total. The first-order valence-corrected chi connectivity index (χ1v) is 5.91. The maximum atomic E-state index is 13.4. The molecule has 0 aliphatic heterocycles. The third-order valence-electron chi connectivity index (χ3n) is 3.19. The van der Waals surface area contributed by atoms with Gasteiger partial charge in [0.05, 0.1) is 5.56 Å². The summed E-state index contributed by atoms with van der Waals surface area (Å²) in [6.07, 6.45) is 3.82. The standard InChI is InChI=1S/C13H14FNO3/c14-11-7-9(5-6-10(11)13(17)18)15-12(16)8-3-1-2-4-8/h5-8H,1-4H2,(H,15,16)(H,17,18). The highest BCUT2D eigenvalue weighted by Gasteiger charge is 2.22. The van der Waals surface area contributed by atoms with Crippen molar-refractivity contribution in [1.29, 1.82) is 0 Å². The van der Waals surface area contributed by atoms with Gasteiger partial charge in [0.15, 0.2) is 0 Å². The van der Waals surface area contributed by atoms with Crippen LogP contribution in [0.15, 0.2) is 18.2 Å². The molecule has 1 aliphatic rings. The fourth-order valence-electron chi connectivity index (χ4n) is 2.20. The van der Waals surface area contributed by atoms with E-state index in [1.165, 1.54) is 6.07 Å². The van der Waals surface area contributed by atoms with Crippen molar-refractivity contribution < 1.29 is 19.1 Å². The van der Waals surface area contributed by atoms with Crippen LogP contribution in [0.2, 0.25) is 0 Å². The number of rotatable bonds is 3. The molecule has 4 nitrogen and oxygen atoms in total. The van der Waals surface area contributed by atoms with E-state index in [1.54, 1.807) is 0 Å². The number of halogens is 1. The van der Waals surface area contributed by atoms with Gasteiger partial charge in [-0.05, 0) is 31.0 Å². The zero-order valence-corrected chi connectivity index (χ0v) is 9.78. The number of anilines is 1. The van der Waals surface area contributed by atoms with Crippen LogP contribution in [-0.2, 0) is 4.79 Å². The van der Waals surface area contributed by atoms with Crippen molar-refractivity contribution in [2.45, 2.75) is 25.7 Å². The molecule has 0 saturated heterocycles. The van der Waals surface area contributed by atoms with Crippen molar-refractivity contribution in [2.24, 2.45) is 5.92 Å². The van der Waals surface area contributed by atoms with Crippen LogP contribution in [-0.4, -0.2) is 17.0 Å². The SMILES string of the molecule is O=C(O)c1ccc(NC(=O)C2CCCC2)cc1F. The van der Waals surface area contributed by atoms with Gasteiger partial charge in [-0.1, -0.05) is 12.8 Å². The number of nitrogens with one attached hydrogen (secondary N) is 1. The Balaban J connectivity index is 2.07. The van der Waals surface area contributed by atoms with Crippen molar-refractivity contribution in [2.75, 3.05) is 5.32 Å². The molecular formula is C13H14FNO3. The first-order chi connectivity index (χ1) is 8.58. The lowest BCUT2D eigenvalue weighted by Crippen LogP contribution is -2.20. The molecule has 0 bridgehead atoms. The van der Waals surface area contributed by atoms with Crippen LogP contribution in [0.3, 0.4) is 0 Å². The van der Waals surface area contributed by atoms with Crippen molar-refractivity contribution in [1.82, 2.24) is 0 Å². The van der Waals surface area contributed by atoms with Crippen LogP contribution in [0.25, 0.3) is 0 Å². The minimum absolute atomic E-state index is 0.00721. The zero-order chi connectivity index (χ0) is 13.1. The highest BCUT2D eigenvalue weighted by Crippen LogP contribution is 2.26. The Hall–Kier alpha value is -1.91. The van der Waals surface area contributed by atoms with Gasteiger partial charge < -0.3 is 10.4 Å². The van der Waals surface area contributed by atoms with E-state index in [1.807, 2.05) is 0 Å². The summed E-state index contributed by atoms with van der Waals surface area (Å²) in [6.45, 7) is 0. The zero-order valence-electron chi connectivity index (χ0n) is 9.78. The third kappa shape index (κ3) is 2.67. The van der Waals surface area contributed by atoms with Crippen LogP contribution < -0.4 is 5.32 Å². The van der Waals surface area contributed by atoms with Crippen molar-refractivity contribution >= 4 is 17.6 Å². The molecular weight excluding hydrogens is 237 g/mol. The number of carboxylic acid groups (broad SMARTS) is 1. The second-order valence-corrected chi connectivity index (χ2v) is 4.47. The largest absolute Gasteiger partial charge is 0.478 e. The van der Waals surface area contributed by atoms with Crippen LogP contribution in [0.4, 0.5) is 10.1 Å². The van der Waals surface area contributed by atoms with E-state index in [0.29, 0.717) is 5.69 Å². The van der Waals surface area contributed by atoms with Gasteiger partial charge in [0.25, 0.3) is 0 Å². The summed E-state index contributed by atoms with van der Waals surface area (Å²) in [5.74, 6) is -2.28. The van der Waals surface area contributed by atoms with Gasteiger partial charge in [0.1, 0.15) is 5.82 Å². The maximum Gasteiger partial charge on any atom is 0.338 e. The lowest BCUT2D eigenvalue weighted by molar-refractivity contribution is -0.119. The normalized spacial score (nSPS) is 15.6. The molecule has 1 aromatic carbocycles. The predicted octanol–water partition coefficient (Wildman–Crippen LogP) is 2.65. The van der Waals surface area contributed by atoms with Crippen LogP contribution in [0.5, 0.6) is 0 Å². The summed E-state index contributed by atoms with van der Waals surface area (Å²) in [6, 6.07) is 3.59. The molecule has 2 rings (SSSR count). The first-order valence-electron chi connectivity index (χ1n) is 5.91. The lowest BCUT2D eigenvalue weighted by Gasteiger charge is -2.10. The second kappa shape index (κ2) is 5.16. The summed E-state index contributed by atoms with van der Waals surface area (Å²) in [4.78, 5) is 22.4. The van der Waals surface area contributed by atoms with Crippen LogP contribution in [0, 0.1) is 11.7 Å². The van der Waals surface area contributed by atoms with Gasteiger partial charge in [0, 0.05) is 11.6 Å². The molecule has 0 atom stereocenters. The Kier molecular flexibility index (Phi) is 3.60. The third-order valence-corrected chi connectivity index (χ3v) is 3.19. The smallest absolute Gasteiger partial charge is 0.338 e. The molecule has 0 spiro atoms. The molecule has 18 heavy (non-hydrogen) atoms. The Morgan fingerprint density at radius 2 is 1.94 bits per heavy atom. The Morgan fingerprint density at radius 3 is 2.50 bits per heavy atom. The first kappa shape index (κ1) is 12.5. The number of carbonyl (C=O) groups excluding carboxylic acids is 1. The Morgan fingerprint density at radius 1 is 1.28 bits per heavy atom. The Labute approximate surface area is 104 Å². The minimum atomic E-state index is -1.32. The van der Waals surface area contributed by atoms with Gasteiger partial charge in [-0.3, -0.25) is 4.79 Å². The molecule has 0 heterocycles. The van der Waals surface area contributed by atoms with Gasteiger partial charge in [-0.25, -0.2) is 9.18 Å². The van der Waals surface area contributed by atoms with Crippen molar-refractivity contribution in [3.8, 4) is 0 Å². The molecule has 1 fully saturated rings.